The third kappa shape index (κ3) is 8.03. The van der Waals surface area contributed by atoms with Crippen molar-refractivity contribution in [2.45, 2.75) is 71.1 Å². The fraction of sp³-hybridized carbons (Fsp3) is 0.525. The van der Waals surface area contributed by atoms with E-state index in [1.54, 1.807) is 6.20 Å². The number of H-pyrrole nitrogens is 1. The minimum absolute atomic E-state index is 0.0942. The van der Waals surface area contributed by atoms with Crippen LogP contribution >= 0.6 is 0 Å². The lowest BCUT2D eigenvalue weighted by molar-refractivity contribution is -0.134. The Morgan fingerprint density at radius 1 is 1.00 bits per heavy atom. The van der Waals surface area contributed by atoms with Crippen molar-refractivity contribution in [3.8, 4) is 0 Å². The SMILES string of the molecule is CN/N=C(\C1=CCC(C)(C)CC1)c1cc2ccc(C(=O)N3CCN(CCC4CCN(c5cc(C6CCC(=O)NC6=O)ccn5)CC4)CC3)cc2[nH]1. The third-order valence-corrected chi connectivity index (χ3v) is 11.5. The number of aromatic amines is 1. The van der Waals surface area contributed by atoms with E-state index < -0.39 is 0 Å². The first-order valence-electron chi connectivity index (χ1n) is 18.8. The minimum Gasteiger partial charge on any atom is -0.357 e. The van der Waals surface area contributed by atoms with Gasteiger partial charge < -0.3 is 20.2 Å². The van der Waals surface area contributed by atoms with Gasteiger partial charge in [0.25, 0.3) is 5.91 Å². The molecule has 3 aromatic rings. The van der Waals surface area contributed by atoms with E-state index in [0.29, 0.717) is 24.2 Å². The zero-order chi connectivity index (χ0) is 35.5. The van der Waals surface area contributed by atoms with Crippen LogP contribution in [0.2, 0.25) is 0 Å². The minimum atomic E-state index is -0.289. The van der Waals surface area contributed by atoms with E-state index in [9.17, 15) is 14.4 Å². The number of allylic oxidation sites excluding steroid dienone is 2. The molecule has 0 saturated carbocycles. The largest absolute Gasteiger partial charge is 0.357 e. The van der Waals surface area contributed by atoms with E-state index in [-0.39, 0.29) is 23.6 Å². The van der Waals surface area contributed by atoms with Crippen molar-refractivity contribution in [3.63, 3.8) is 0 Å². The van der Waals surface area contributed by atoms with Crippen molar-refractivity contribution < 1.29 is 14.4 Å². The van der Waals surface area contributed by atoms with Crippen molar-refractivity contribution in [3.05, 3.63) is 71.1 Å². The highest BCUT2D eigenvalue weighted by atomic mass is 16.2. The van der Waals surface area contributed by atoms with Crippen molar-refractivity contribution >= 4 is 40.2 Å². The number of hydrazone groups is 1. The van der Waals surface area contributed by atoms with E-state index in [2.05, 4.69) is 61.6 Å². The molecule has 1 atom stereocenters. The summed E-state index contributed by atoms with van der Waals surface area (Å²) < 4.78 is 0. The van der Waals surface area contributed by atoms with Crippen molar-refractivity contribution in [1.29, 1.82) is 0 Å². The van der Waals surface area contributed by atoms with Crippen LogP contribution in [0.4, 0.5) is 5.82 Å². The van der Waals surface area contributed by atoms with Crippen LogP contribution in [0, 0.1) is 11.3 Å². The second-order valence-electron chi connectivity index (χ2n) is 15.6. The van der Waals surface area contributed by atoms with Crippen molar-refractivity contribution in [2.24, 2.45) is 16.4 Å². The van der Waals surface area contributed by atoms with Crippen LogP contribution in [0.15, 0.2) is 59.3 Å². The Morgan fingerprint density at radius 2 is 1.80 bits per heavy atom. The number of benzene rings is 1. The van der Waals surface area contributed by atoms with Crippen molar-refractivity contribution in [2.75, 3.05) is 57.8 Å². The summed E-state index contributed by atoms with van der Waals surface area (Å²) in [4.78, 5) is 52.6. The van der Waals surface area contributed by atoms with E-state index in [1.807, 2.05) is 42.3 Å². The smallest absolute Gasteiger partial charge is 0.254 e. The Balaban J connectivity index is 0.880. The molecule has 11 nitrogen and oxygen atoms in total. The molecule has 51 heavy (non-hydrogen) atoms. The van der Waals surface area contributed by atoms with Gasteiger partial charge in [-0.1, -0.05) is 26.0 Å². The fourth-order valence-corrected chi connectivity index (χ4v) is 8.10. The highest BCUT2D eigenvalue weighted by molar-refractivity contribution is 6.13. The molecule has 3 saturated heterocycles. The molecule has 0 radical (unpaired) electrons. The van der Waals surface area contributed by atoms with Gasteiger partial charge in [0.15, 0.2) is 0 Å². The lowest BCUT2D eigenvalue weighted by Crippen LogP contribution is -2.49. The molecule has 0 spiro atoms. The number of anilines is 1. The van der Waals surface area contributed by atoms with Crippen LogP contribution in [-0.2, 0) is 9.59 Å². The molecule has 11 heteroatoms. The Bertz CT molecular complexity index is 1830. The summed E-state index contributed by atoms with van der Waals surface area (Å²) in [6.45, 7) is 10.9. The predicted molar refractivity (Wildman–Crippen MR) is 201 cm³/mol. The molecule has 5 heterocycles. The maximum absolute atomic E-state index is 13.6. The molecule has 1 aromatic carbocycles. The molecule has 4 aliphatic rings. The first-order valence-corrected chi connectivity index (χ1v) is 18.8. The Kier molecular flexibility index (Phi) is 10.3. The van der Waals surface area contributed by atoms with Crippen LogP contribution in [0.3, 0.4) is 0 Å². The number of rotatable bonds is 9. The normalized spacial score (nSPS) is 22.2. The molecule has 1 unspecified atom stereocenters. The number of imide groups is 1. The predicted octanol–water partition coefficient (Wildman–Crippen LogP) is 5.21. The summed E-state index contributed by atoms with van der Waals surface area (Å²) in [5.74, 6) is 0.989. The summed E-state index contributed by atoms with van der Waals surface area (Å²) in [6.07, 6.45) is 11.6. The van der Waals surface area contributed by atoms with Gasteiger partial charge in [0, 0.05) is 75.4 Å². The number of pyridine rings is 1. The lowest BCUT2D eigenvalue weighted by atomic mass is 9.77. The van der Waals surface area contributed by atoms with Gasteiger partial charge in [-0.25, -0.2) is 4.98 Å². The van der Waals surface area contributed by atoms with Crippen LogP contribution in [0.5, 0.6) is 0 Å². The monoisotopic (exact) mass is 692 g/mol. The number of nitrogens with zero attached hydrogens (tertiary/aromatic N) is 5. The van der Waals surface area contributed by atoms with Gasteiger partial charge in [-0.3, -0.25) is 24.6 Å². The van der Waals surface area contributed by atoms with Gasteiger partial charge in [-0.05, 0) is 104 Å². The number of hydrogen-bond acceptors (Lipinski definition) is 8. The average Bonchev–Trinajstić information content (AvgIpc) is 3.57. The molecule has 7 rings (SSSR count). The molecule has 3 aliphatic heterocycles. The molecule has 270 valence electrons. The maximum Gasteiger partial charge on any atom is 0.254 e. The summed E-state index contributed by atoms with van der Waals surface area (Å²) >= 11 is 0. The van der Waals surface area contributed by atoms with Gasteiger partial charge in [0.1, 0.15) is 11.5 Å². The zero-order valence-electron chi connectivity index (χ0n) is 30.3. The van der Waals surface area contributed by atoms with Gasteiger partial charge in [0.05, 0.1) is 11.6 Å². The lowest BCUT2D eigenvalue weighted by Gasteiger charge is -2.37. The number of aromatic nitrogens is 2. The summed E-state index contributed by atoms with van der Waals surface area (Å²) in [5, 5.41) is 8.19. The summed E-state index contributed by atoms with van der Waals surface area (Å²) in [5.41, 5.74) is 9.12. The van der Waals surface area contributed by atoms with Gasteiger partial charge in [-0.2, -0.15) is 5.10 Å². The molecule has 3 amide bonds. The van der Waals surface area contributed by atoms with Crippen LogP contribution in [0.1, 0.15) is 92.7 Å². The first kappa shape index (κ1) is 34.9. The van der Waals surface area contributed by atoms with Gasteiger partial charge >= 0.3 is 0 Å². The molecule has 3 fully saturated rings. The number of piperidine rings is 2. The molecule has 2 aromatic heterocycles. The number of carbonyl (C=O) groups is 3. The highest BCUT2D eigenvalue weighted by Crippen LogP contribution is 2.36. The van der Waals surface area contributed by atoms with Gasteiger partial charge in [0.2, 0.25) is 11.8 Å². The zero-order valence-corrected chi connectivity index (χ0v) is 30.3. The van der Waals surface area contributed by atoms with Crippen LogP contribution < -0.4 is 15.6 Å². The second-order valence-corrected chi connectivity index (χ2v) is 15.6. The fourth-order valence-electron chi connectivity index (χ4n) is 8.10. The van der Waals surface area contributed by atoms with Crippen molar-refractivity contribution in [1.82, 2.24) is 30.5 Å². The number of hydrogen-bond donors (Lipinski definition) is 3. The Hall–Kier alpha value is -4.51. The number of nitrogens with one attached hydrogen (secondary N) is 3. The molecular weight excluding hydrogens is 640 g/mol. The summed E-state index contributed by atoms with van der Waals surface area (Å²) in [6, 6.07) is 12.1. The summed E-state index contributed by atoms with van der Waals surface area (Å²) in [7, 11) is 1.84. The molecular formula is C40H52N8O3. The Morgan fingerprint density at radius 3 is 2.53 bits per heavy atom. The quantitative estimate of drug-likeness (QED) is 0.160. The van der Waals surface area contributed by atoms with E-state index in [4.69, 9.17) is 0 Å². The van der Waals surface area contributed by atoms with Crippen LogP contribution in [-0.4, -0.2) is 96.1 Å². The first-order chi connectivity index (χ1) is 24.7. The average molecular weight is 693 g/mol. The standard InChI is InChI=1S/C40H52N8O3/c1-40(2)14-8-28(9-15-40)37(45-41-3)34-24-30-4-5-31(25-33(30)43-34)39(51)48-22-20-46(21-23-48)17-11-27-12-18-47(19-13-27)35-26-29(10-16-42-35)32-6-7-36(49)44-38(32)50/h4-5,8,10,16,24-27,32,41,43H,6-7,9,11-15,17-23H2,1-3H3,(H,44,49,50)/b45-37+. The number of amides is 3. The van der Waals surface area contributed by atoms with E-state index in [0.717, 1.165) is 124 Å². The van der Waals surface area contributed by atoms with E-state index in [1.165, 1.54) is 5.57 Å². The van der Waals surface area contributed by atoms with E-state index >= 15 is 0 Å². The molecule has 1 aliphatic carbocycles. The van der Waals surface area contributed by atoms with Gasteiger partial charge in [-0.15, -0.1) is 0 Å². The number of piperazine rings is 1. The maximum atomic E-state index is 13.6. The Labute approximate surface area is 300 Å². The second kappa shape index (κ2) is 15.0. The molecule has 0 bridgehead atoms. The highest BCUT2D eigenvalue weighted by Gasteiger charge is 2.30. The topological polar surface area (TPSA) is 126 Å². The number of carbonyl (C=O) groups excluding carboxylic acids is 3. The third-order valence-electron chi connectivity index (χ3n) is 11.5. The number of fused-ring (bicyclic) bond motifs is 1. The molecule has 3 N–H and O–H groups in total. The van der Waals surface area contributed by atoms with Crippen LogP contribution in [0.25, 0.3) is 10.9 Å².